The van der Waals surface area contributed by atoms with Crippen molar-refractivity contribution in [2.24, 2.45) is 0 Å². The molecule has 0 amide bonds. The first-order valence-electron chi connectivity index (χ1n) is 16.1. The van der Waals surface area contributed by atoms with Crippen LogP contribution in [0.4, 0.5) is 17.1 Å². The lowest BCUT2D eigenvalue weighted by Gasteiger charge is -2.29. The lowest BCUT2D eigenvalue weighted by molar-refractivity contribution is 1.28. The molecule has 0 aromatic heterocycles. The molecular weight excluding hydrogens is 567 g/mol. The third kappa shape index (κ3) is 5.72. The Balaban J connectivity index is 1.33. The first-order valence-corrected chi connectivity index (χ1v) is 16.1. The van der Waals surface area contributed by atoms with Gasteiger partial charge in [-0.15, -0.1) is 0 Å². The third-order valence-corrected chi connectivity index (χ3v) is 8.85. The molecule has 0 aliphatic rings. The van der Waals surface area contributed by atoms with Crippen LogP contribution in [-0.4, -0.2) is 0 Å². The second-order valence-corrected chi connectivity index (χ2v) is 11.8. The Morgan fingerprint density at radius 3 is 1.45 bits per heavy atom. The minimum atomic E-state index is 1.10. The first-order chi connectivity index (χ1) is 23.3. The second-order valence-electron chi connectivity index (χ2n) is 11.8. The normalized spacial score (nSPS) is 11.0. The molecule has 0 radical (unpaired) electrons. The van der Waals surface area contributed by atoms with Gasteiger partial charge in [0.2, 0.25) is 0 Å². The standard InChI is InChI=1S/C46H33N/c1-3-15-34(16-4-1)38-21-13-23-41(32-38)47(42-24-14-22-39(33-42)40-30-29-35-17-7-8-20-37(35)31-40)46-28-12-11-27-45(46)44-26-10-9-25-43(44)36-18-5-2-6-19-36/h1-33H. The largest absolute Gasteiger partial charge is 0.310 e. The highest BCUT2D eigenvalue weighted by atomic mass is 15.1. The summed E-state index contributed by atoms with van der Waals surface area (Å²) >= 11 is 0. The molecule has 0 unspecified atom stereocenters. The number of fused-ring (bicyclic) bond motifs is 1. The summed E-state index contributed by atoms with van der Waals surface area (Å²) in [6, 6.07) is 71.9. The fourth-order valence-electron chi connectivity index (χ4n) is 6.56. The Hall–Kier alpha value is -6.18. The van der Waals surface area contributed by atoms with Crippen LogP contribution in [-0.2, 0) is 0 Å². The Morgan fingerprint density at radius 1 is 0.255 bits per heavy atom. The van der Waals surface area contributed by atoms with Gasteiger partial charge in [0.25, 0.3) is 0 Å². The molecule has 0 aliphatic heterocycles. The molecule has 0 fully saturated rings. The zero-order valence-corrected chi connectivity index (χ0v) is 26.0. The molecule has 0 saturated heterocycles. The summed E-state index contributed by atoms with van der Waals surface area (Å²) in [6.07, 6.45) is 0. The molecule has 0 aliphatic carbocycles. The van der Waals surface area contributed by atoms with Gasteiger partial charge in [-0.2, -0.15) is 0 Å². The van der Waals surface area contributed by atoms with Crippen molar-refractivity contribution >= 4 is 27.8 Å². The van der Waals surface area contributed by atoms with Crippen LogP contribution in [0.5, 0.6) is 0 Å². The average Bonchev–Trinajstić information content (AvgIpc) is 3.16. The van der Waals surface area contributed by atoms with Gasteiger partial charge in [0.05, 0.1) is 5.69 Å². The monoisotopic (exact) mass is 599 g/mol. The third-order valence-electron chi connectivity index (χ3n) is 8.85. The summed E-state index contributed by atoms with van der Waals surface area (Å²) < 4.78 is 0. The van der Waals surface area contributed by atoms with Crippen molar-refractivity contribution in [1.29, 1.82) is 0 Å². The van der Waals surface area contributed by atoms with Gasteiger partial charge >= 0.3 is 0 Å². The lowest BCUT2D eigenvalue weighted by Crippen LogP contribution is -2.11. The fraction of sp³-hybridized carbons (Fsp3) is 0. The van der Waals surface area contributed by atoms with Gasteiger partial charge < -0.3 is 4.90 Å². The van der Waals surface area contributed by atoms with Crippen molar-refractivity contribution in [3.05, 3.63) is 200 Å². The van der Waals surface area contributed by atoms with E-state index < -0.39 is 0 Å². The maximum atomic E-state index is 2.41. The van der Waals surface area contributed by atoms with E-state index in [1.54, 1.807) is 0 Å². The van der Waals surface area contributed by atoms with E-state index in [9.17, 15) is 0 Å². The van der Waals surface area contributed by atoms with E-state index in [-0.39, 0.29) is 0 Å². The highest BCUT2D eigenvalue weighted by Crippen LogP contribution is 2.44. The topological polar surface area (TPSA) is 3.24 Å². The SMILES string of the molecule is c1ccc(-c2cccc(N(c3cccc(-c4ccc5ccccc5c4)c3)c3ccccc3-c3ccccc3-c3ccccc3)c2)cc1. The molecule has 0 N–H and O–H groups in total. The fourth-order valence-corrected chi connectivity index (χ4v) is 6.56. The van der Waals surface area contributed by atoms with Gasteiger partial charge in [0.15, 0.2) is 0 Å². The zero-order chi connectivity index (χ0) is 31.4. The quantitative estimate of drug-likeness (QED) is 0.176. The summed E-state index contributed by atoms with van der Waals surface area (Å²) in [5.74, 6) is 0. The summed E-state index contributed by atoms with van der Waals surface area (Å²) in [6.45, 7) is 0. The predicted molar refractivity (Wildman–Crippen MR) is 200 cm³/mol. The van der Waals surface area contributed by atoms with Crippen LogP contribution >= 0.6 is 0 Å². The Labute approximate surface area is 276 Å². The van der Waals surface area contributed by atoms with Crippen LogP contribution in [0.3, 0.4) is 0 Å². The van der Waals surface area contributed by atoms with E-state index in [2.05, 4.69) is 205 Å². The Bertz CT molecular complexity index is 2300. The van der Waals surface area contributed by atoms with Gasteiger partial charge in [0, 0.05) is 16.9 Å². The summed E-state index contributed by atoms with van der Waals surface area (Å²) in [4.78, 5) is 2.41. The minimum absolute atomic E-state index is 1.10. The number of para-hydroxylation sites is 1. The number of benzene rings is 8. The summed E-state index contributed by atoms with van der Waals surface area (Å²) in [7, 11) is 0. The van der Waals surface area contributed by atoms with E-state index in [1.165, 1.54) is 55.3 Å². The number of nitrogens with zero attached hydrogens (tertiary/aromatic N) is 1. The molecule has 8 rings (SSSR count). The van der Waals surface area contributed by atoms with Gasteiger partial charge in [-0.3, -0.25) is 0 Å². The Kier molecular flexibility index (Phi) is 7.63. The Morgan fingerprint density at radius 2 is 0.745 bits per heavy atom. The maximum Gasteiger partial charge on any atom is 0.0540 e. The molecule has 1 heteroatoms. The van der Waals surface area contributed by atoms with Crippen LogP contribution < -0.4 is 4.90 Å². The van der Waals surface area contributed by atoms with Crippen LogP contribution in [0.15, 0.2) is 200 Å². The molecule has 0 spiro atoms. The van der Waals surface area contributed by atoms with Gasteiger partial charge in [-0.25, -0.2) is 0 Å². The first kappa shape index (κ1) is 28.3. The zero-order valence-electron chi connectivity index (χ0n) is 26.0. The molecule has 0 atom stereocenters. The number of rotatable bonds is 7. The molecule has 8 aromatic rings. The van der Waals surface area contributed by atoms with Crippen molar-refractivity contribution in [2.45, 2.75) is 0 Å². The lowest BCUT2D eigenvalue weighted by atomic mass is 9.93. The molecule has 47 heavy (non-hydrogen) atoms. The molecule has 222 valence electrons. The number of hydrogen-bond acceptors (Lipinski definition) is 1. The van der Waals surface area contributed by atoms with Crippen molar-refractivity contribution in [2.75, 3.05) is 4.90 Å². The van der Waals surface area contributed by atoms with Crippen molar-refractivity contribution < 1.29 is 0 Å². The van der Waals surface area contributed by atoms with Gasteiger partial charge in [0.1, 0.15) is 0 Å². The van der Waals surface area contributed by atoms with Crippen molar-refractivity contribution in [1.82, 2.24) is 0 Å². The highest BCUT2D eigenvalue weighted by Gasteiger charge is 2.20. The minimum Gasteiger partial charge on any atom is -0.310 e. The second kappa shape index (κ2) is 12.7. The molecule has 0 saturated carbocycles. The van der Waals surface area contributed by atoms with Crippen LogP contribution in [0, 0.1) is 0 Å². The average molecular weight is 600 g/mol. The van der Waals surface area contributed by atoms with E-state index in [0.29, 0.717) is 0 Å². The van der Waals surface area contributed by atoms with Crippen molar-refractivity contribution in [3.8, 4) is 44.5 Å². The molecular formula is C46H33N. The highest BCUT2D eigenvalue weighted by molar-refractivity contribution is 5.95. The van der Waals surface area contributed by atoms with Crippen LogP contribution in [0.2, 0.25) is 0 Å². The smallest absolute Gasteiger partial charge is 0.0540 e. The van der Waals surface area contributed by atoms with Gasteiger partial charge in [-0.1, -0.05) is 164 Å². The number of anilines is 3. The van der Waals surface area contributed by atoms with Crippen LogP contribution in [0.1, 0.15) is 0 Å². The number of hydrogen-bond donors (Lipinski definition) is 0. The molecule has 8 aromatic carbocycles. The van der Waals surface area contributed by atoms with E-state index in [1.807, 2.05) is 0 Å². The molecule has 1 nitrogen and oxygen atoms in total. The van der Waals surface area contributed by atoms with E-state index >= 15 is 0 Å². The van der Waals surface area contributed by atoms with Gasteiger partial charge in [-0.05, 0) is 86.1 Å². The predicted octanol–water partition coefficient (Wildman–Crippen LogP) is 13.0. The summed E-state index contributed by atoms with van der Waals surface area (Å²) in [5.41, 5.74) is 12.9. The molecule has 0 heterocycles. The maximum absolute atomic E-state index is 2.41. The van der Waals surface area contributed by atoms with Crippen molar-refractivity contribution in [3.63, 3.8) is 0 Å². The summed E-state index contributed by atoms with van der Waals surface area (Å²) in [5, 5.41) is 2.49. The van der Waals surface area contributed by atoms with E-state index in [0.717, 1.165) is 17.1 Å². The van der Waals surface area contributed by atoms with E-state index in [4.69, 9.17) is 0 Å². The van der Waals surface area contributed by atoms with Crippen LogP contribution in [0.25, 0.3) is 55.3 Å². The molecule has 0 bridgehead atoms.